The van der Waals surface area contributed by atoms with E-state index in [2.05, 4.69) is 30.4 Å². The third-order valence-electron chi connectivity index (χ3n) is 4.33. The van der Waals surface area contributed by atoms with Crippen molar-refractivity contribution in [3.05, 3.63) is 65.7 Å². The van der Waals surface area contributed by atoms with Crippen LogP contribution in [0.4, 0.5) is 0 Å². The summed E-state index contributed by atoms with van der Waals surface area (Å²) >= 11 is 0. The average molecular weight is 281 g/mol. The molecule has 1 amide bonds. The fourth-order valence-electron chi connectivity index (χ4n) is 3.27. The Bertz CT molecular complexity index is 653. The van der Waals surface area contributed by atoms with E-state index >= 15 is 0 Å². The Kier molecular flexibility index (Phi) is 3.42. The van der Waals surface area contributed by atoms with Gasteiger partial charge in [-0.1, -0.05) is 55.5 Å². The number of rotatable bonds is 3. The van der Waals surface area contributed by atoms with Gasteiger partial charge in [-0.15, -0.1) is 0 Å². The highest BCUT2D eigenvalue weighted by Gasteiger charge is 2.46. The molecule has 1 aliphatic rings. The van der Waals surface area contributed by atoms with E-state index in [-0.39, 0.29) is 17.4 Å². The van der Waals surface area contributed by atoms with Gasteiger partial charge in [-0.2, -0.15) is 0 Å². The molecule has 108 valence electrons. The van der Waals surface area contributed by atoms with Crippen LogP contribution in [0.3, 0.4) is 0 Å². The molecule has 0 aromatic heterocycles. The lowest BCUT2D eigenvalue weighted by Gasteiger charge is -2.32. The third kappa shape index (κ3) is 2.29. The Morgan fingerprint density at radius 1 is 1.10 bits per heavy atom. The van der Waals surface area contributed by atoms with Crippen molar-refractivity contribution < 1.29 is 9.53 Å². The zero-order valence-corrected chi connectivity index (χ0v) is 12.3. The molecule has 2 aromatic carbocycles. The van der Waals surface area contributed by atoms with Crippen LogP contribution >= 0.6 is 0 Å². The number of hydrogen-bond acceptors (Lipinski definition) is 2. The maximum Gasteiger partial charge on any atom is 0.221 e. The van der Waals surface area contributed by atoms with E-state index in [1.165, 1.54) is 0 Å². The van der Waals surface area contributed by atoms with E-state index in [9.17, 15) is 4.79 Å². The molecule has 21 heavy (non-hydrogen) atoms. The van der Waals surface area contributed by atoms with Gasteiger partial charge < -0.3 is 10.1 Å². The number of amides is 1. The molecule has 1 N–H and O–H groups in total. The lowest BCUT2D eigenvalue weighted by molar-refractivity contribution is -0.119. The second-order valence-corrected chi connectivity index (χ2v) is 5.71. The van der Waals surface area contributed by atoms with E-state index in [0.29, 0.717) is 6.42 Å². The van der Waals surface area contributed by atoms with Crippen LogP contribution in [0.25, 0.3) is 0 Å². The van der Waals surface area contributed by atoms with Crippen LogP contribution in [0.1, 0.15) is 30.5 Å². The van der Waals surface area contributed by atoms with Gasteiger partial charge in [-0.3, -0.25) is 4.79 Å². The second kappa shape index (κ2) is 5.24. The molecular formula is C18H19NO2. The molecule has 0 aliphatic carbocycles. The minimum Gasteiger partial charge on any atom is -0.496 e. The van der Waals surface area contributed by atoms with E-state index < -0.39 is 0 Å². The molecule has 1 aliphatic heterocycles. The average Bonchev–Trinajstić information content (AvgIpc) is 2.84. The first kappa shape index (κ1) is 13.7. The number of methoxy groups -OCH3 is 1. The summed E-state index contributed by atoms with van der Waals surface area (Å²) in [4.78, 5) is 12.1. The van der Waals surface area contributed by atoms with Crippen molar-refractivity contribution in [2.24, 2.45) is 0 Å². The summed E-state index contributed by atoms with van der Waals surface area (Å²) in [5.41, 5.74) is 1.88. The molecule has 0 radical (unpaired) electrons. The summed E-state index contributed by atoms with van der Waals surface area (Å²) in [6, 6.07) is 18.0. The van der Waals surface area contributed by atoms with Gasteiger partial charge in [0.2, 0.25) is 5.91 Å². The zero-order valence-electron chi connectivity index (χ0n) is 12.3. The summed E-state index contributed by atoms with van der Waals surface area (Å²) in [5.74, 6) is 0.912. The molecule has 0 bridgehead atoms. The van der Waals surface area contributed by atoms with Crippen LogP contribution in [0.15, 0.2) is 54.6 Å². The zero-order chi connectivity index (χ0) is 14.9. The topological polar surface area (TPSA) is 38.3 Å². The maximum atomic E-state index is 12.1. The number of hydrogen-bond donors (Lipinski definition) is 1. The SMILES string of the molecule is COc1ccccc1C1(C)CC(=O)NC1c1ccccc1. The lowest BCUT2D eigenvalue weighted by atomic mass is 9.73. The van der Waals surface area contributed by atoms with Gasteiger partial charge in [0.1, 0.15) is 5.75 Å². The van der Waals surface area contributed by atoms with Crippen molar-refractivity contribution in [3.63, 3.8) is 0 Å². The predicted molar refractivity (Wildman–Crippen MR) is 82.3 cm³/mol. The molecule has 1 saturated heterocycles. The smallest absolute Gasteiger partial charge is 0.221 e. The van der Waals surface area contributed by atoms with Gasteiger partial charge >= 0.3 is 0 Å². The van der Waals surface area contributed by atoms with Crippen LogP contribution in [0.5, 0.6) is 5.75 Å². The summed E-state index contributed by atoms with van der Waals surface area (Å²) in [7, 11) is 1.67. The summed E-state index contributed by atoms with van der Waals surface area (Å²) < 4.78 is 5.50. The minimum atomic E-state index is -0.314. The van der Waals surface area contributed by atoms with E-state index in [1.807, 2.05) is 36.4 Å². The number of carbonyl (C=O) groups excluding carboxylic acids is 1. The van der Waals surface area contributed by atoms with Crippen LogP contribution in [-0.2, 0) is 10.2 Å². The largest absolute Gasteiger partial charge is 0.496 e. The molecule has 3 nitrogen and oxygen atoms in total. The van der Waals surface area contributed by atoms with Gasteiger partial charge in [-0.25, -0.2) is 0 Å². The van der Waals surface area contributed by atoms with Gasteiger partial charge in [0.25, 0.3) is 0 Å². The van der Waals surface area contributed by atoms with E-state index in [0.717, 1.165) is 16.9 Å². The number of benzene rings is 2. The highest BCUT2D eigenvalue weighted by molar-refractivity contribution is 5.82. The van der Waals surface area contributed by atoms with Crippen molar-refractivity contribution in [2.75, 3.05) is 7.11 Å². The number of para-hydroxylation sites is 1. The first-order chi connectivity index (χ1) is 10.1. The molecule has 2 atom stereocenters. The highest BCUT2D eigenvalue weighted by Crippen LogP contribution is 2.47. The minimum absolute atomic E-state index is 0.0394. The Morgan fingerprint density at radius 3 is 2.48 bits per heavy atom. The Balaban J connectivity index is 2.11. The predicted octanol–water partition coefficient (Wildman–Crippen LogP) is 3.21. The van der Waals surface area contributed by atoms with E-state index in [4.69, 9.17) is 4.74 Å². The second-order valence-electron chi connectivity index (χ2n) is 5.71. The number of nitrogens with one attached hydrogen (secondary N) is 1. The van der Waals surface area contributed by atoms with Gasteiger partial charge in [0, 0.05) is 17.4 Å². The molecule has 3 heteroatoms. The van der Waals surface area contributed by atoms with Gasteiger partial charge in [-0.05, 0) is 11.6 Å². The maximum absolute atomic E-state index is 12.1. The first-order valence-electron chi connectivity index (χ1n) is 7.13. The Morgan fingerprint density at radius 2 is 1.76 bits per heavy atom. The summed E-state index contributed by atoms with van der Waals surface area (Å²) in [6.45, 7) is 2.13. The Labute approximate surface area is 124 Å². The standard InChI is InChI=1S/C18H19NO2/c1-18(14-10-6-7-11-15(14)21-2)12-16(20)19-17(18)13-8-4-3-5-9-13/h3-11,17H,12H2,1-2H3,(H,19,20). The van der Waals surface area contributed by atoms with Crippen molar-refractivity contribution in [1.82, 2.24) is 5.32 Å². The fourth-order valence-corrected chi connectivity index (χ4v) is 3.27. The first-order valence-corrected chi connectivity index (χ1v) is 7.13. The summed E-state index contributed by atoms with van der Waals surface area (Å²) in [6.07, 6.45) is 0.465. The Hall–Kier alpha value is -2.29. The van der Waals surface area contributed by atoms with Crippen molar-refractivity contribution in [1.29, 1.82) is 0 Å². The van der Waals surface area contributed by atoms with Gasteiger partial charge in [0.15, 0.2) is 0 Å². The van der Waals surface area contributed by atoms with Crippen LogP contribution in [0.2, 0.25) is 0 Å². The molecule has 0 spiro atoms. The monoisotopic (exact) mass is 281 g/mol. The summed E-state index contributed by atoms with van der Waals surface area (Å²) in [5, 5.41) is 3.12. The van der Waals surface area contributed by atoms with Crippen LogP contribution < -0.4 is 10.1 Å². The number of ether oxygens (including phenoxy) is 1. The molecule has 1 heterocycles. The lowest BCUT2D eigenvalue weighted by Crippen LogP contribution is -2.30. The quantitative estimate of drug-likeness (QED) is 0.938. The van der Waals surface area contributed by atoms with E-state index in [1.54, 1.807) is 7.11 Å². The van der Waals surface area contributed by atoms with Crippen LogP contribution in [-0.4, -0.2) is 13.0 Å². The molecule has 2 aromatic rings. The normalized spacial score (nSPS) is 24.7. The van der Waals surface area contributed by atoms with Crippen molar-refractivity contribution in [2.45, 2.75) is 24.8 Å². The fraction of sp³-hybridized carbons (Fsp3) is 0.278. The molecule has 0 saturated carbocycles. The molecular weight excluding hydrogens is 262 g/mol. The third-order valence-corrected chi connectivity index (χ3v) is 4.33. The molecule has 1 fully saturated rings. The van der Waals surface area contributed by atoms with Crippen LogP contribution in [0, 0.1) is 0 Å². The molecule has 2 unspecified atom stereocenters. The van der Waals surface area contributed by atoms with Crippen molar-refractivity contribution in [3.8, 4) is 5.75 Å². The number of carbonyl (C=O) groups is 1. The highest BCUT2D eigenvalue weighted by atomic mass is 16.5. The van der Waals surface area contributed by atoms with Crippen molar-refractivity contribution >= 4 is 5.91 Å². The van der Waals surface area contributed by atoms with Gasteiger partial charge in [0.05, 0.1) is 13.2 Å². The molecule has 3 rings (SSSR count).